The molecule has 14 heavy (non-hydrogen) atoms. The van der Waals surface area contributed by atoms with Gasteiger partial charge in [0.1, 0.15) is 0 Å². The van der Waals surface area contributed by atoms with Crippen molar-refractivity contribution in [3.63, 3.8) is 0 Å². The maximum atomic E-state index is 5.34. The lowest BCUT2D eigenvalue weighted by Gasteiger charge is -2.18. The molecule has 0 unspecified atom stereocenters. The van der Waals surface area contributed by atoms with Gasteiger partial charge in [0.05, 0.1) is 13.1 Å². The van der Waals surface area contributed by atoms with Crippen molar-refractivity contribution in [1.82, 2.24) is 0 Å². The minimum absolute atomic E-state index is 0.139. The van der Waals surface area contributed by atoms with E-state index in [0.717, 1.165) is 13.1 Å². The van der Waals surface area contributed by atoms with Gasteiger partial charge < -0.3 is 11.5 Å². The molecular weight excluding hydrogens is 176 g/mol. The van der Waals surface area contributed by atoms with E-state index in [9.17, 15) is 0 Å². The third-order valence-electron chi connectivity index (χ3n) is 2.20. The van der Waals surface area contributed by atoms with E-state index < -0.39 is 0 Å². The molecule has 1 aliphatic heterocycles. The number of rotatable bonds is 2. The minimum atomic E-state index is 0.139. The molecule has 0 fully saturated rings. The van der Waals surface area contributed by atoms with Crippen LogP contribution >= 0.6 is 0 Å². The van der Waals surface area contributed by atoms with Crippen molar-refractivity contribution in [2.24, 2.45) is 32.5 Å². The summed E-state index contributed by atoms with van der Waals surface area (Å²) in [6.45, 7) is 11.6. The predicted molar refractivity (Wildman–Crippen MR) is 60.3 cm³/mol. The molecule has 1 rings (SSSR count). The molecule has 0 aromatic carbocycles. The summed E-state index contributed by atoms with van der Waals surface area (Å²) in [6, 6.07) is 0. The minimum Gasteiger partial charge on any atom is -0.330 e. The van der Waals surface area contributed by atoms with E-state index in [1.54, 1.807) is 0 Å². The summed E-state index contributed by atoms with van der Waals surface area (Å²) >= 11 is 0. The molecule has 0 saturated carbocycles. The van der Waals surface area contributed by atoms with Crippen molar-refractivity contribution >= 4 is 0 Å². The van der Waals surface area contributed by atoms with Crippen LogP contribution in [0, 0.1) is 10.8 Å². The maximum absolute atomic E-state index is 5.34. The molecule has 0 aromatic rings. The third-order valence-corrected chi connectivity index (χ3v) is 2.20. The van der Waals surface area contributed by atoms with E-state index in [-0.39, 0.29) is 5.41 Å². The number of hydrogen-bond donors (Lipinski definition) is 2. The van der Waals surface area contributed by atoms with Gasteiger partial charge in [-0.3, -0.25) is 0 Å². The molecule has 4 heteroatoms. The number of azo groups is 1. The second kappa shape index (κ2) is 5.41. The highest BCUT2D eigenvalue weighted by Gasteiger charge is 2.20. The van der Waals surface area contributed by atoms with Crippen LogP contribution in [-0.4, -0.2) is 26.2 Å². The first-order valence-electron chi connectivity index (χ1n) is 5.06. The fraction of sp³-hybridized carbons (Fsp3) is 1.00. The van der Waals surface area contributed by atoms with Gasteiger partial charge in [-0.25, -0.2) is 0 Å². The quantitative estimate of drug-likeness (QED) is 0.707. The van der Waals surface area contributed by atoms with Crippen LogP contribution in [0.4, 0.5) is 0 Å². The Balaban J connectivity index is 0.000000241. The summed E-state index contributed by atoms with van der Waals surface area (Å²) in [4.78, 5) is 0. The van der Waals surface area contributed by atoms with Gasteiger partial charge in [-0.2, -0.15) is 10.2 Å². The van der Waals surface area contributed by atoms with Crippen molar-refractivity contribution in [2.45, 2.75) is 27.7 Å². The summed E-state index contributed by atoms with van der Waals surface area (Å²) in [6.07, 6.45) is 0. The molecule has 0 spiro atoms. The zero-order valence-corrected chi connectivity index (χ0v) is 9.88. The zero-order chi connectivity index (χ0) is 11.2. The zero-order valence-electron chi connectivity index (χ0n) is 9.88. The molecule has 84 valence electrons. The fourth-order valence-corrected chi connectivity index (χ4v) is 0.616. The highest BCUT2D eigenvalue weighted by Crippen LogP contribution is 2.20. The van der Waals surface area contributed by atoms with E-state index in [2.05, 4.69) is 24.1 Å². The summed E-state index contributed by atoms with van der Waals surface area (Å²) in [5.41, 5.74) is 11.2. The van der Waals surface area contributed by atoms with Gasteiger partial charge in [0.25, 0.3) is 0 Å². The van der Waals surface area contributed by atoms with E-state index in [1.807, 2.05) is 13.8 Å². The van der Waals surface area contributed by atoms with Crippen LogP contribution < -0.4 is 11.5 Å². The average Bonchev–Trinajstić information content (AvgIpc) is 2.51. The SMILES string of the molecule is CC(C)(CN)CN.CC1(C)CN=NC1. The molecule has 0 atom stereocenters. The molecule has 0 bridgehead atoms. The Labute approximate surface area is 87.2 Å². The Bertz CT molecular complexity index is 167. The van der Waals surface area contributed by atoms with Gasteiger partial charge in [0.2, 0.25) is 0 Å². The van der Waals surface area contributed by atoms with E-state index >= 15 is 0 Å². The van der Waals surface area contributed by atoms with Crippen molar-refractivity contribution < 1.29 is 0 Å². The molecular formula is C10H24N4. The highest BCUT2D eigenvalue weighted by atomic mass is 15.1. The second-order valence-corrected chi connectivity index (χ2v) is 5.34. The van der Waals surface area contributed by atoms with E-state index in [1.165, 1.54) is 0 Å². The van der Waals surface area contributed by atoms with Crippen LogP contribution in [0.1, 0.15) is 27.7 Å². The topological polar surface area (TPSA) is 76.8 Å². The Morgan fingerprint density at radius 3 is 1.50 bits per heavy atom. The molecule has 0 saturated heterocycles. The molecule has 0 radical (unpaired) electrons. The summed E-state index contributed by atoms with van der Waals surface area (Å²) < 4.78 is 0. The number of nitrogens with zero attached hydrogens (tertiary/aromatic N) is 2. The van der Waals surface area contributed by atoms with Gasteiger partial charge in [-0.05, 0) is 18.5 Å². The smallest absolute Gasteiger partial charge is 0.0668 e. The monoisotopic (exact) mass is 200 g/mol. The summed E-state index contributed by atoms with van der Waals surface area (Å²) in [5, 5.41) is 7.72. The second-order valence-electron chi connectivity index (χ2n) is 5.34. The summed E-state index contributed by atoms with van der Waals surface area (Å²) in [5.74, 6) is 0. The number of nitrogens with two attached hydrogens (primary N) is 2. The third kappa shape index (κ3) is 6.05. The highest BCUT2D eigenvalue weighted by molar-refractivity contribution is 4.76. The first-order valence-corrected chi connectivity index (χ1v) is 5.06. The van der Waals surface area contributed by atoms with Gasteiger partial charge in [0, 0.05) is 5.41 Å². The normalized spacial score (nSPS) is 19.0. The summed E-state index contributed by atoms with van der Waals surface area (Å²) in [7, 11) is 0. The molecule has 1 heterocycles. The van der Waals surface area contributed by atoms with Crippen LogP contribution in [0.25, 0.3) is 0 Å². The standard InChI is InChI=1S/C5H10N2.C5H14N2/c1-5(2)3-6-7-4-5;1-5(2,3-6)4-7/h3-4H2,1-2H3;3-4,6-7H2,1-2H3. The lowest BCUT2D eigenvalue weighted by atomic mass is 9.95. The first kappa shape index (κ1) is 13.5. The number of hydrogen-bond acceptors (Lipinski definition) is 4. The molecule has 4 N–H and O–H groups in total. The van der Waals surface area contributed by atoms with Gasteiger partial charge >= 0.3 is 0 Å². The van der Waals surface area contributed by atoms with Crippen LogP contribution in [0.15, 0.2) is 10.2 Å². The molecule has 4 nitrogen and oxygen atoms in total. The predicted octanol–water partition coefficient (Wildman–Crippen LogP) is 1.41. The lowest BCUT2D eigenvalue weighted by molar-refractivity contribution is 0.393. The van der Waals surface area contributed by atoms with Gasteiger partial charge in [-0.1, -0.05) is 27.7 Å². The lowest BCUT2D eigenvalue weighted by Crippen LogP contribution is -2.31. The van der Waals surface area contributed by atoms with E-state index in [4.69, 9.17) is 11.5 Å². The van der Waals surface area contributed by atoms with Crippen molar-refractivity contribution in [1.29, 1.82) is 0 Å². The van der Waals surface area contributed by atoms with Crippen LogP contribution in [-0.2, 0) is 0 Å². The Kier molecular flexibility index (Phi) is 5.23. The average molecular weight is 200 g/mol. The van der Waals surface area contributed by atoms with Crippen LogP contribution in [0.3, 0.4) is 0 Å². The molecule has 0 amide bonds. The first-order chi connectivity index (χ1) is 6.33. The van der Waals surface area contributed by atoms with Gasteiger partial charge in [-0.15, -0.1) is 0 Å². The largest absolute Gasteiger partial charge is 0.330 e. The van der Waals surface area contributed by atoms with E-state index in [0.29, 0.717) is 18.5 Å². The molecule has 0 aliphatic carbocycles. The van der Waals surface area contributed by atoms with Gasteiger partial charge in [0.15, 0.2) is 0 Å². The molecule has 1 aliphatic rings. The van der Waals surface area contributed by atoms with Crippen LogP contribution in [0.5, 0.6) is 0 Å². The van der Waals surface area contributed by atoms with Crippen molar-refractivity contribution in [3.8, 4) is 0 Å². The Morgan fingerprint density at radius 1 is 1.07 bits per heavy atom. The van der Waals surface area contributed by atoms with Crippen molar-refractivity contribution in [2.75, 3.05) is 26.2 Å². The molecule has 0 aromatic heterocycles. The van der Waals surface area contributed by atoms with Crippen LogP contribution in [0.2, 0.25) is 0 Å². The Morgan fingerprint density at radius 2 is 1.43 bits per heavy atom. The maximum Gasteiger partial charge on any atom is 0.0668 e. The Hall–Kier alpha value is -0.480. The van der Waals surface area contributed by atoms with Crippen molar-refractivity contribution in [3.05, 3.63) is 0 Å². The fourth-order valence-electron chi connectivity index (χ4n) is 0.616.